The van der Waals surface area contributed by atoms with Gasteiger partial charge in [0.05, 0.1) is 30.5 Å². The Balaban J connectivity index is 1.51. The van der Waals surface area contributed by atoms with Crippen molar-refractivity contribution in [3.63, 3.8) is 0 Å². The number of rotatable bonds is 7. The van der Waals surface area contributed by atoms with Crippen LogP contribution in [-0.4, -0.2) is 26.4 Å². The smallest absolute Gasteiger partial charge is 0.234 e. The molecule has 0 atom stereocenters. The van der Waals surface area contributed by atoms with Gasteiger partial charge in [0.1, 0.15) is 5.76 Å². The number of furan rings is 2. The first-order chi connectivity index (χ1) is 14.5. The van der Waals surface area contributed by atoms with Crippen LogP contribution >= 0.6 is 43.6 Å². The SMILES string of the molecule is Cc1cc(Br)c(NC(=O)CSc2nnc(-c3ccco3)n2Cc2ccco2)c(Br)c1. The van der Waals surface area contributed by atoms with Crippen LogP contribution in [0.4, 0.5) is 5.69 Å². The first-order valence-corrected chi connectivity index (χ1v) is 11.5. The molecule has 0 spiro atoms. The van der Waals surface area contributed by atoms with Crippen LogP contribution in [0.2, 0.25) is 0 Å². The number of halogens is 2. The third-order valence-corrected chi connectivity index (χ3v) is 6.35. The summed E-state index contributed by atoms with van der Waals surface area (Å²) >= 11 is 8.28. The summed E-state index contributed by atoms with van der Waals surface area (Å²) in [5, 5.41) is 12.0. The van der Waals surface area contributed by atoms with E-state index in [0.717, 1.165) is 20.3 Å². The van der Waals surface area contributed by atoms with Crippen molar-refractivity contribution in [2.24, 2.45) is 0 Å². The zero-order valence-electron chi connectivity index (χ0n) is 15.8. The molecule has 0 saturated heterocycles. The Morgan fingerprint density at radius 3 is 2.53 bits per heavy atom. The minimum Gasteiger partial charge on any atom is -0.467 e. The molecular formula is C20H16Br2N4O3S. The lowest BCUT2D eigenvalue weighted by Gasteiger charge is -2.11. The van der Waals surface area contributed by atoms with Gasteiger partial charge in [-0.25, -0.2) is 0 Å². The second-order valence-corrected chi connectivity index (χ2v) is 9.04. The highest BCUT2D eigenvalue weighted by atomic mass is 79.9. The highest BCUT2D eigenvalue weighted by Gasteiger charge is 2.19. The van der Waals surface area contributed by atoms with Crippen LogP contribution in [0, 0.1) is 6.92 Å². The van der Waals surface area contributed by atoms with E-state index in [9.17, 15) is 4.79 Å². The molecule has 0 aliphatic carbocycles. The van der Waals surface area contributed by atoms with Crippen molar-refractivity contribution < 1.29 is 13.6 Å². The predicted octanol–water partition coefficient (Wildman–Crippen LogP) is 5.74. The van der Waals surface area contributed by atoms with Crippen molar-refractivity contribution in [1.29, 1.82) is 0 Å². The van der Waals surface area contributed by atoms with Gasteiger partial charge in [-0.2, -0.15) is 0 Å². The van der Waals surface area contributed by atoms with Crippen LogP contribution in [0.5, 0.6) is 0 Å². The average molecular weight is 552 g/mol. The van der Waals surface area contributed by atoms with Crippen LogP contribution in [0.1, 0.15) is 11.3 Å². The summed E-state index contributed by atoms with van der Waals surface area (Å²) in [6.07, 6.45) is 3.20. The molecule has 1 aromatic carbocycles. The molecule has 3 heterocycles. The highest BCUT2D eigenvalue weighted by molar-refractivity contribution is 9.11. The first-order valence-electron chi connectivity index (χ1n) is 8.89. The molecule has 1 N–H and O–H groups in total. The molecule has 0 bridgehead atoms. The Labute approximate surface area is 193 Å². The molecule has 30 heavy (non-hydrogen) atoms. The van der Waals surface area contributed by atoms with Crippen molar-refractivity contribution in [3.8, 4) is 11.6 Å². The van der Waals surface area contributed by atoms with Crippen molar-refractivity contribution in [1.82, 2.24) is 14.8 Å². The maximum absolute atomic E-state index is 12.6. The fourth-order valence-corrected chi connectivity index (χ4v) is 5.16. The van der Waals surface area contributed by atoms with Crippen molar-refractivity contribution in [2.45, 2.75) is 18.6 Å². The second kappa shape index (κ2) is 9.23. The molecule has 0 fully saturated rings. The van der Waals surface area contributed by atoms with E-state index in [1.165, 1.54) is 11.8 Å². The lowest BCUT2D eigenvalue weighted by Crippen LogP contribution is -2.15. The topological polar surface area (TPSA) is 86.1 Å². The Bertz CT molecular complexity index is 1130. The van der Waals surface area contributed by atoms with Crippen LogP contribution in [-0.2, 0) is 11.3 Å². The largest absolute Gasteiger partial charge is 0.467 e. The Morgan fingerprint density at radius 1 is 1.13 bits per heavy atom. The number of amides is 1. The van der Waals surface area contributed by atoms with Gasteiger partial charge in [0.2, 0.25) is 11.7 Å². The minimum absolute atomic E-state index is 0.155. The fraction of sp³-hybridized carbons (Fsp3) is 0.150. The molecule has 3 aromatic heterocycles. The monoisotopic (exact) mass is 550 g/mol. The van der Waals surface area contributed by atoms with E-state index in [0.29, 0.717) is 29.0 Å². The summed E-state index contributed by atoms with van der Waals surface area (Å²) in [7, 11) is 0. The molecule has 0 aliphatic heterocycles. The van der Waals surface area contributed by atoms with E-state index in [-0.39, 0.29) is 11.7 Å². The predicted molar refractivity (Wildman–Crippen MR) is 121 cm³/mol. The average Bonchev–Trinajstić information content (AvgIpc) is 3.45. The molecule has 4 rings (SSSR count). The highest BCUT2D eigenvalue weighted by Crippen LogP contribution is 2.33. The first kappa shape index (κ1) is 21.0. The molecule has 7 nitrogen and oxygen atoms in total. The Hall–Kier alpha value is -2.30. The van der Waals surface area contributed by atoms with Crippen LogP contribution in [0.25, 0.3) is 11.6 Å². The number of anilines is 1. The number of thioether (sulfide) groups is 1. The maximum Gasteiger partial charge on any atom is 0.234 e. The Morgan fingerprint density at radius 2 is 1.87 bits per heavy atom. The summed E-state index contributed by atoms with van der Waals surface area (Å²) in [6, 6.07) is 11.2. The summed E-state index contributed by atoms with van der Waals surface area (Å²) in [5.41, 5.74) is 1.78. The molecule has 1 amide bonds. The van der Waals surface area contributed by atoms with Gasteiger partial charge in [-0.3, -0.25) is 9.36 Å². The van der Waals surface area contributed by atoms with Crippen molar-refractivity contribution in [2.75, 3.05) is 11.1 Å². The molecular weight excluding hydrogens is 536 g/mol. The zero-order valence-corrected chi connectivity index (χ0v) is 19.8. The van der Waals surface area contributed by atoms with E-state index in [2.05, 4.69) is 47.4 Å². The number of hydrogen-bond acceptors (Lipinski definition) is 6. The van der Waals surface area contributed by atoms with Crippen molar-refractivity contribution >= 4 is 55.2 Å². The van der Waals surface area contributed by atoms with E-state index < -0.39 is 0 Å². The van der Waals surface area contributed by atoms with Gasteiger partial charge >= 0.3 is 0 Å². The summed E-state index contributed by atoms with van der Waals surface area (Å²) in [6.45, 7) is 2.41. The summed E-state index contributed by atoms with van der Waals surface area (Å²) in [4.78, 5) is 12.6. The standard InChI is InChI=1S/C20H16Br2N4O3S/c1-12-8-14(21)18(15(22)9-12)23-17(27)11-30-20-25-24-19(16-5-3-7-29-16)26(20)10-13-4-2-6-28-13/h2-9H,10-11H2,1H3,(H,23,27). The maximum atomic E-state index is 12.6. The number of nitrogens with zero attached hydrogens (tertiary/aromatic N) is 3. The number of hydrogen-bond donors (Lipinski definition) is 1. The molecule has 0 radical (unpaired) electrons. The molecule has 0 saturated carbocycles. The molecule has 0 unspecified atom stereocenters. The van der Waals surface area contributed by atoms with E-state index >= 15 is 0 Å². The third-order valence-electron chi connectivity index (χ3n) is 4.14. The molecule has 4 aromatic rings. The van der Waals surface area contributed by atoms with Gasteiger partial charge in [-0.05, 0) is 80.7 Å². The van der Waals surface area contributed by atoms with Crippen molar-refractivity contribution in [3.05, 3.63) is 69.2 Å². The molecule has 0 aliphatic rings. The van der Waals surface area contributed by atoms with Crippen LogP contribution < -0.4 is 5.32 Å². The molecule has 154 valence electrons. The van der Waals surface area contributed by atoms with Gasteiger partial charge < -0.3 is 14.2 Å². The number of carbonyl (C=O) groups is 1. The number of carbonyl (C=O) groups excluding carboxylic acids is 1. The third kappa shape index (κ3) is 4.71. The van der Waals surface area contributed by atoms with Gasteiger partial charge in [-0.15, -0.1) is 10.2 Å². The normalized spacial score (nSPS) is 11.0. The fourth-order valence-electron chi connectivity index (χ4n) is 2.81. The van der Waals surface area contributed by atoms with E-state index in [4.69, 9.17) is 8.83 Å². The summed E-state index contributed by atoms with van der Waals surface area (Å²) < 4.78 is 14.4. The lowest BCUT2D eigenvalue weighted by molar-refractivity contribution is -0.113. The van der Waals surface area contributed by atoms with Gasteiger partial charge in [0.15, 0.2) is 10.9 Å². The zero-order chi connectivity index (χ0) is 21.1. The van der Waals surface area contributed by atoms with Crippen LogP contribution in [0.15, 0.2) is 71.9 Å². The van der Waals surface area contributed by atoms with Gasteiger partial charge in [-0.1, -0.05) is 11.8 Å². The van der Waals surface area contributed by atoms with Crippen LogP contribution in [0.3, 0.4) is 0 Å². The summed E-state index contributed by atoms with van der Waals surface area (Å²) in [5.74, 6) is 1.93. The van der Waals surface area contributed by atoms with Gasteiger partial charge in [0, 0.05) is 8.95 Å². The quantitative estimate of drug-likeness (QED) is 0.295. The second-order valence-electron chi connectivity index (χ2n) is 6.39. The number of nitrogens with one attached hydrogen (secondary N) is 1. The number of aryl methyl sites for hydroxylation is 1. The lowest BCUT2D eigenvalue weighted by atomic mass is 10.2. The number of aromatic nitrogens is 3. The number of benzene rings is 1. The van der Waals surface area contributed by atoms with E-state index in [1.807, 2.05) is 41.8 Å². The van der Waals surface area contributed by atoms with E-state index in [1.54, 1.807) is 18.6 Å². The molecule has 10 heteroatoms. The Kier molecular flexibility index (Phi) is 6.45. The minimum atomic E-state index is -0.155. The van der Waals surface area contributed by atoms with Gasteiger partial charge in [0.25, 0.3) is 0 Å².